The van der Waals surface area contributed by atoms with Crippen LogP contribution in [0.1, 0.15) is 81.1 Å². The largest absolute Gasteiger partial charge is 0.490 e. The number of nitrogens with two attached hydrogens (primary N) is 1. The zero-order chi connectivity index (χ0) is 31.9. The number of nitrogens with zero attached hydrogens (tertiary/aromatic N) is 3. The van der Waals surface area contributed by atoms with Gasteiger partial charge in [0.1, 0.15) is 23.5 Å². The standard InChI is InChI=1S/C36H42N4O5/c1-4-8-32-31(22-24-11-13-25(14-12-24)29-9-6-7-10-30(29)34(37)39-36(42)43)35(41)40(33(5-2)38-32)26-15-17-27(18-16-26)45-28-19-20-44-23(3)21-28/h9-18,23,28H,4-8,19-22H2,1-3H3,(H2,37,39)(H,42,43). The highest BCUT2D eigenvalue weighted by Gasteiger charge is 2.22. The summed E-state index contributed by atoms with van der Waals surface area (Å²) < 4.78 is 13.6. The molecule has 5 rings (SSSR count). The van der Waals surface area contributed by atoms with E-state index in [0.717, 1.165) is 78.2 Å². The van der Waals surface area contributed by atoms with E-state index in [1.54, 1.807) is 4.57 Å². The molecule has 3 N–H and O–H groups in total. The molecule has 2 aliphatic rings. The molecule has 0 bridgehead atoms. The minimum absolute atomic E-state index is 0.0119. The Hall–Kier alpha value is -4.50. The van der Waals surface area contributed by atoms with Gasteiger partial charge in [0.05, 0.1) is 24.1 Å². The average Bonchev–Trinajstić information content (AvgIpc) is 3.03. The highest BCUT2D eigenvalue weighted by Crippen LogP contribution is 2.29. The van der Waals surface area contributed by atoms with Crippen LogP contribution in [-0.4, -0.2) is 45.4 Å². The summed E-state index contributed by atoms with van der Waals surface area (Å²) in [6.07, 6.45) is 8.95. The van der Waals surface area contributed by atoms with Gasteiger partial charge >= 0.3 is 6.09 Å². The van der Waals surface area contributed by atoms with E-state index >= 15 is 0 Å². The van der Waals surface area contributed by atoms with Crippen LogP contribution in [0, 0.1) is 0 Å². The lowest BCUT2D eigenvalue weighted by atomic mass is 9.90. The van der Waals surface area contributed by atoms with Crippen molar-refractivity contribution >= 4 is 17.5 Å². The van der Waals surface area contributed by atoms with Crippen LogP contribution in [0.3, 0.4) is 0 Å². The van der Waals surface area contributed by atoms with E-state index < -0.39 is 6.09 Å². The molecule has 2 aromatic carbocycles. The summed E-state index contributed by atoms with van der Waals surface area (Å²) in [5.74, 6) is 1.50. The van der Waals surface area contributed by atoms with Crippen LogP contribution in [0.25, 0.3) is 11.3 Å². The Labute approximate surface area is 264 Å². The average molecular weight is 611 g/mol. The SMILES string of the molecule is CCCc1nc(CC)n(-c2ccc(OC3CCOC(C)C3)cc2)c(=O)c1Cc1ccc(C2=CCCC=C2/C(N)=N/C(=O)O)cc1. The van der Waals surface area contributed by atoms with Crippen LogP contribution < -0.4 is 16.0 Å². The van der Waals surface area contributed by atoms with E-state index in [-0.39, 0.29) is 23.6 Å². The molecule has 0 saturated carbocycles. The predicted molar refractivity (Wildman–Crippen MR) is 176 cm³/mol. The van der Waals surface area contributed by atoms with Gasteiger partial charge in [0, 0.05) is 36.8 Å². The highest BCUT2D eigenvalue weighted by atomic mass is 16.5. The normalized spacial score (nSPS) is 18.7. The number of amides is 1. The van der Waals surface area contributed by atoms with Gasteiger partial charge in [-0.15, -0.1) is 0 Å². The van der Waals surface area contributed by atoms with Crippen LogP contribution in [0.5, 0.6) is 5.75 Å². The molecule has 2 unspecified atom stereocenters. The lowest BCUT2D eigenvalue weighted by Crippen LogP contribution is -2.31. The zero-order valence-corrected chi connectivity index (χ0v) is 26.3. The van der Waals surface area contributed by atoms with Crippen molar-refractivity contribution in [2.45, 2.75) is 84.3 Å². The molecule has 1 fully saturated rings. The third kappa shape index (κ3) is 7.60. The monoisotopic (exact) mass is 610 g/mol. The van der Waals surface area contributed by atoms with Crippen molar-refractivity contribution in [1.29, 1.82) is 0 Å². The zero-order valence-electron chi connectivity index (χ0n) is 26.3. The molecule has 9 nitrogen and oxygen atoms in total. The second-order valence-corrected chi connectivity index (χ2v) is 11.6. The summed E-state index contributed by atoms with van der Waals surface area (Å²) in [5, 5.41) is 9.08. The number of hydrogen-bond donors (Lipinski definition) is 2. The minimum Gasteiger partial charge on any atom is -0.490 e. The number of amidine groups is 1. The molecule has 3 aromatic rings. The van der Waals surface area contributed by atoms with Gasteiger partial charge in [0.2, 0.25) is 0 Å². The fourth-order valence-corrected chi connectivity index (χ4v) is 6.06. The molecule has 2 atom stereocenters. The number of carboxylic acid groups (broad SMARTS) is 1. The summed E-state index contributed by atoms with van der Waals surface area (Å²) in [5.41, 5.74) is 11.6. The number of benzene rings is 2. The van der Waals surface area contributed by atoms with Crippen LogP contribution in [0.2, 0.25) is 0 Å². The van der Waals surface area contributed by atoms with Crippen molar-refractivity contribution in [3.63, 3.8) is 0 Å². The first-order chi connectivity index (χ1) is 21.8. The van der Waals surface area contributed by atoms with Crippen LogP contribution >= 0.6 is 0 Å². The topological polar surface area (TPSA) is 129 Å². The Morgan fingerprint density at radius 3 is 2.51 bits per heavy atom. The summed E-state index contributed by atoms with van der Waals surface area (Å²) in [6.45, 7) is 6.88. The van der Waals surface area contributed by atoms with Gasteiger partial charge in [-0.2, -0.15) is 4.99 Å². The van der Waals surface area contributed by atoms with E-state index in [2.05, 4.69) is 24.9 Å². The maximum atomic E-state index is 14.2. The first-order valence-corrected chi connectivity index (χ1v) is 15.9. The lowest BCUT2D eigenvalue weighted by molar-refractivity contribution is -0.0251. The van der Waals surface area contributed by atoms with Gasteiger partial charge in [-0.3, -0.25) is 9.36 Å². The first kappa shape index (κ1) is 31.9. The fourth-order valence-electron chi connectivity index (χ4n) is 6.06. The van der Waals surface area contributed by atoms with Crippen LogP contribution in [0.15, 0.2) is 76.0 Å². The molecule has 236 valence electrons. The summed E-state index contributed by atoms with van der Waals surface area (Å²) in [6, 6.07) is 15.7. The Kier molecular flexibility index (Phi) is 10.3. The van der Waals surface area contributed by atoms with E-state index in [1.165, 1.54) is 0 Å². The van der Waals surface area contributed by atoms with Gasteiger partial charge < -0.3 is 20.3 Å². The Morgan fingerprint density at radius 1 is 1.11 bits per heavy atom. The van der Waals surface area contributed by atoms with Crippen molar-refractivity contribution in [1.82, 2.24) is 9.55 Å². The molecule has 2 heterocycles. The first-order valence-electron chi connectivity index (χ1n) is 15.9. The van der Waals surface area contributed by atoms with Crippen LogP contribution in [-0.2, 0) is 24.0 Å². The summed E-state index contributed by atoms with van der Waals surface area (Å²) in [4.78, 5) is 33.8. The molecule has 0 radical (unpaired) electrons. The predicted octanol–water partition coefficient (Wildman–Crippen LogP) is 6.42. The maximum Gasteiger partial charge on any atom is 0.433 e. The van der Waals surface area contributed by atoms with Crippen LogP contribution in [0.4, 0.5) is 4.79 Å². The van der Waals surface area contributed by atoms with Crippen molar-refractivity contribution in [2.24, 2.45) is 10.7 Å². The van der Waals surface area contributed by atoms with Gasteiger partial charge in [-0.25, -0.2) is 9.78 Å². The van der Waals surface area contributed by atoms with Gasteiger partial charge in [-0.1, -0.05) is 56.7 Å². The van der Waals surface area contributed by atoms with E-state index in [0.29, 0.717) is 30.6 Å². The number of rotatable bonds is 10. The Morgan fingerprint density at radius 2 is 1.84 bits per heavy atom. The molecule has 0 spiro atoms. The number of aryl methyl sites for hydroxylation is 2. The molecule has 1 aromatic heterocycles. The molecule has 1 amide bonds. The number of allylic oxidation sites excluding steroid dienone is 2. The van der Waals surface area contributed by atoms with Gasteiger partial charge in [0.25, 0.3) is 5.56 Å². The quantitative estimate of drug-likeness (QED) is 0.200. The summed E-state index contributed by atoms with van der Waals surface area (Å²) >= 11 is 0. The molecule has 9 heteroatoms. The third-order valence-electron chi connectivity index (χ3n) is 8.26. The van der Waals surface area contributed by atoms with E-state index in [4.69, 9.17) is 25.3 Å². The van der Waals surface area contributed by atoms with E-state index in [9.17, 15) is 9.59 Å². The smallest absolute Gasteiger partial charge is 0.433 e. The third-order valence-corrected chi connectivity index (χ3v) is 8.26. The van der Waals surface area contributed by atoms with Crippen molar-refractivity contribution in [2.75, 3.05) is 6.61 Å². The molecule has 1 aliphatic heterocycles. The van der Waals surface area contributed by atoms with E-state index in [1.807, 2.05) is 61.5 Å². The Balaban J connectivity index is 1.43. The second-order valence-electron chi connectivity index (χ2n) is 11.6. The maximum absolute atomic E-state index is 14.2. The van der Waals surface area contributed by atoms with Crippen molar-refractivity contribution in [3.05, 3.63) is 105 Å². The molecule has 45 heavy (non-hydrogen) atoms. The number of carbonyl (C=O) groups is 1. The van der Waals surface area contributed by atoms with Gasteiger partial charge in [0.15, 0.2) is 0 Å². The lowest BCUT2D eigenvalue weighted by Gasteiger charge is -2.28. The number of aromatic nitrogens is 2. The van der Waals surface area contributed by atoms with Gasteiger partial charge in [-0.05, 0) is 67.2 Å². The number of ether oxygens (including phenoxy) is 2. The molecular formula is C36H42N4O5. The Bertz CT molecular complexity index is 1670. The minimum atomic E-state index is -1.32. The fraction of sp³-hybridized carbons (Fsp3) is 0.389. The molecule has 1 aliphatic carbocycles. The number of hydrogen-bond acceptors (Lipinski definition) is 5. The molecule has 1 saturated heterocycles. The summed E-state index contributed by atoms with van der Waals surface area (Å²) in [7, 11) is 0. The number of aliphatic imine (C=N–C) groups is 1. The highest BCUT2D eigenvalue weighted by molar-refractivity contribution is 6.14. The second kappa shape index (κ2) is 14.5. The van der Waals surface area contributed by atoms with Crippen molar-refractivity contribution < 1.29 is 19.4 Å². The molecular weight excluding hydrogens is 568 g/mol. The van der Waals surface area contributed by atoms with Crippen molar-refractivity contribution in [3.8, 4) is 11.4 Å².